The zero-order chi connectivity index (χ0) is 16.4. The van der Waals surface area contributed by atoms with Crippen molar-refractivity contribution in [2.75, 3.05) is 58.9 Å². The van der Waals surface area contributed by atoms with Gasteiger partial charge in [-0.2, -0.15) is 0 Å². The Morgan fingerprint density at radius 2 is 1.35 bits per heavy atom. The Kier molecular flexibility index (Phi) is 4.57. The summed E-state index contributed by atoms with van der Waals surface area (Å²) in [7, 11) is 0. The Morgan fingerprint density at radius 1 is 0.870 bits per heavy atom. The van der Waals surface area contributed by atoms with E-state index in [1.807, 2.05) is 4.90 Å². The third-order valence-corrected chi connectivity index (χ3v) is 5.43. The molecule has 0 spiro atoms. The molecule has 0 atom stereocenters. The van der Waals surface area contributed by atoms with Gasteiger partial charge in [0.25, 0.3) is 0 Å². The van der Waals surface area contributed by atoms with Gasteiger partial charge in [-0.15, -0.1) is 0 Å². The Morgan fingerprint density at radius 3 is 1.74 bits per heavy atom. The van der Waals surface area contributed by atoms with Crippen molar-refractivity contribution in [3.05, 3.63) is 0 Å². The molecule has 3 aliphatic rings. The molecule has 23 heavy (non-hydrogen) atoms. The van der Waals surface area contributed by atoms with Crippen LogP contribution < -0.4 is 0 Å². The molecule has 3 amide bonds. The second kappa shape index (κ2) is 6.47. The van der Waals surface area contributed by atoms with Crippen LogP contribution in [0.15, 0.2) is 0 Å². The molecule has 3 rings (SSSR count). The molecule has 3 fully saturated rings. The van der Waals surface area contributed by atoms with Crippen molar-refractivity contribution >= 4 is 18.2 Å². The summed E-state index contributed by atoms with van der Waals surface area (Å²) in [6, 6.07) is 0. The van der Waals surface area contributed by atoms with E-state index in [1.165, 1.54) is 0 Å². The normalized spacial score (nSPS) is 24.5. The second-order valence-corrected chi connectivity index (χ2v) is 6.74. The zero-order valence-electron chi connectivity index (χ0n) is 13.9. The summed E-state index contributed by atoms with van der Waals surface area (Å²) in [5.74, 6) is 0.00189. The first-order valence-corrected chi connectivity index (χ1v) is 8.61. The Balaban J connectivity index is 1.59. The van der Waals surface area contributed by atoms with E-state index in [0.717, 1.165) is 39.1 Å². The van der Waals surface area contributed by atoms with Crippen LogP contribution in [-0.2, 0) is 14.4 Å². The SMILES string of the molecule is CCN1CCN(C(=O)C2(C(=O)N3CCN(C=O)CC3)CC2)CC1. The van der Waals surface area contributed by atoms with Crippen molar-refractivity contribution in [1.29, 1.82) is 0 Å². The van der Waals surface area contributed by atoms with Crippen molar-refractivity contribution in [1.82, 2.24) is 19.6 Å². The topological polar surface area (TPSA) is 64.2 Å². The predicted molar refractivity (Wildman–Crippen MR) is 84.6 cm³/mol. The highest BCUT2D eigenvalue weighted by atomic mass is 16.2. The van der Waals surface area contributed by atoms with Crippen molar-refractivity contribution in [3.63, 3.8) is 0 Å². The number of hydrogen-bond donors (Lipinski definition) is 0. The summed E-state index contributed by atoms with van der Waals surface area (Å²) in [5.41, 5.74) is -0.794. The standard InChI is InChI=1S/C16H26N4O3/c1-2-17-5-9-19(10-6-17)14(22)16(3-4-16)15(23)20-11-7-18(13-21)8-12-20/h13H,2-12H2,1H3. The van der Waals surface area contributed by atoms with Gasteiger partial charge in [-0.1, -0.05) is 6.92 Å². The van der Waals surface area contributed by atoms with Gasteiger partial charge >= 0.3 is 0 Å². The van der Waals surface area contributed by atoms with Crippen LogP contribution in [0.1, 0.15) is 19.8 Å². The average Bonchev–Trinajstić information content (AvgIpc) is 3.42. The molecule has 0 bridgehead atoms. The summed E-state index contributed by atoms with van der Waals surface area (Å²) >= 11 is 0. The maximum absolute atomic E-state index is 12.9. The maximum Gasteiger partial charge on any atom is 0.238 e. The van der Waals surface area contributed by atoms with E-state index in [-0.39, 0.29) is 11.8 Å². The van der Waals surface area contributed by atoms with E-state index in [1.54, 1.807) is 9.80 Å². The van der Waals surface area contributed by atoms with Crippen LogP contribution in [0, 0.1) is 5.41 Å². The van der Waals surface area contributed by atoms with Crippen LogP contribution >= 0.6 is 0 Å². The maximum atomic E-state index is 12.9. The molecule has 1 aliphatic carbocycles. The number of carbonyl (C=O) groups excluding carboxylic acids is 3. The van der Waals surface area contributed by atoms with Crippen LogP contribution in [0.2, 0.25) is 0 Å². The molecule has 1 saturated carbocycles. The van der Waals surface area contributed by atoms with E-state index in [4.69, 9.17) is 0 Å². The summed E-state index contributed by atoms with van der Waals surface area (Å²) < 4.78 is 0. The Hall–Kier alpha value is -1.63. The van der Waals surface area contributed by atoms with E-state index >= 15 is 0 Å². The highest BCUT2D eigenvalue weighted by Gasteiger charge is 2.59. The lowest BCUT2D eigenvalue weighted by atomic mass is 10.0. The van der Waals surface area contributed by atoms with Gasteiger partial charge in [0.1, 0.15) is 5.41 Å². The first kappa shape index (κ1) is 16.2. The average molecular weight is 322 g/mol. The van der Waals surface area contributed by atoms with Crippen LogP contribution in [0.5, 0.6) is 0 Å². The lowest BCUT2D eigenvalue weighted by molar-refractivity contribution is -0.152. The number of hydrogen-bond acceptors (Lipinski definition) is 4. The molecule has 7 heteroatoms. The van der Waals surface area contributed by atoms with Crippen LogP contribution in [0.25, 0.3) is 0 Å². The number of amides is 3. The van der Waals surface area contributed by atoms with Crippen LogP contribution in [0.3, 0.4) is 0 Å². The minimum Gasteiger partial charge on any atom is -0.342 e. The summed E-state index contributed by atoms with van der Waals surface area (Å²) in [6.07, 6.45) is 2.17. The number of nitrogens with zero attached hydrogens (tertiary/aromatic N) is 4. The van der Waals surface area contributed by atoms with Crippen LogP contribution in [0.4, 0.5) is 0 Å². The fourth-order valence-corrected chi connectivity index (χ4v) is 3.55. The van der Waals surface area contributed by atoms with Crippen molar-refractivity contribution in [2.24, 2.45) is 5.41 Å². The number of carbonyl (C=O) groups is 3. The van der Waals surface area contributed by atoms with Gasteiger partial charge in [0.2, 0.25) is 18.2 Å². The molecule has 7 nitrogen and oxygen atoms in total. The van der Waals surface area contributed by atoms with Gasteiger partial charge in [0.05, 0.1) is 0 Å². The largest absolute Gasteiger partial charge is 0.342 e. The molecule has 2 saturated heterocycles. The quantitative estimate of drug-likeness (QED) is 0.504. The lowest BCUT2D eigenvalue weighted by Crippen LogP contribution is -2.56. The molecule has 0 aromatic carbocycles. The fraction of sp³-hybridized carbons (Fsp3) is 0.812. The first-order valence-electron chi connectivity index (χ1n) is 8.61. The number of piperazine rings is 2. The molecule has 2 aliphatic heterocycles. The minimum absolute atomic E-state index is 0.0222. The van der Waals surface area contributed by atoms with Gasteiger partial charge in [-0.25, -0.2) is 0 Å². The Bertz CT molecular complexity index is 476. The molecule has 2 heterocycles. The van der Waals surface area contributed by atoms with Gasteiger partial charge in [-0.3, -0.25) is 14.4 Å². The van der Waals surface area contributed by atoms with Gasteiger partial charge in [0.15, 0.2) is 0 Å². The predicted octanol–water partition coefficient (Wildman–Crippen LogP) is -0.769. The van der Waals surface area contributed by atoms with Gasteiger partial charge < -0.3 is 19.6 Å². The smallest absolute Gasteiger partial charge is 0.238 e. The molecule has 0 N–H and O–H groups in total. The molecule has 0 aromatic heterocycles. The third-order valence-electron chi connectivity index (χ3n) is 5.43. The van der Waals surface area contributed by atoms with Crippen molar-refractivity contribution in [2.45, 2.75) is 19.8 Å². The molecule has 0 radical (unpaired) electrons. The number of rotatable bonds is 4. The third kappa shape index (κ3) is 3.06. The number of likely N-dealkylation sites (N-methyl/N-ethyl adjacent to an activating group) is 1. The molecule has 0 unspecified atom stereocenters. The van der Waals surface area contributed by atoms with Crippen LogP contribution in [-0.4, -0.2) is 96.7 Å². The Labute approximate surface area is 137 Å². The summed E-state index contributed by atoms with van der Waals surface area (Å²) in [5, 5.41) is 0. The highest BCUT2D eigenvalue weighted by molar-refractivity contribution is 6.08. The van der Waals surface area contributed by atoms with E-state index in [0.29, 0.717) is 39.0 Å². The second-order valence-electron chi connectivity index (χ2n) is 6.74. The fourth-order valence-electron chi connectivity index (χ4n) is 3.55. The monoisotopic (exact) mass is 322 g/mol. The summed E-state index contributed by atoms with van der Waals surface area (Å²) in [4.78, 5) is 44.1. The first-order chi connectivity index (χ1) is 11.1. The van der Waals surface area contributed by atoms with Crippen molar-refractivity contribution in [3.8, 4) is 0 Å². The zero-order valence-corrected chi connectivity index (χ0v) is 13.9. The highest BCUT2D eigenvalue weighted by Crippen LogP contribution is 2.49. The summed E-state index contributed by atoms with van der Waals surface area (Å²) in [6.45, 7) is 8.57. The molecule has 128 valence electrons. The van der Waals surface area contributed by atoms with Crippen molar-refractivity contribution < 1.29 is 14.4 Å². The minimum atomic E-state index is -0.794. The molecular weight excluding hydrogens is 296 g/mol. The van der Waals surface area contributed by atoms with E-state index in [9.17, 15) is 14.4 Å². The van der Waals surface area contributed by atoms with Gasteiger partial charge in [-0.05, 0) is 19.4 Å². The molecule has 0 aromatic rings. The van der Waals surface area contributed by atoms with E-state index in [2.05, 4.69) is 11.8 Å². The molecular formula is C16H26N4O3. The lowest BCUT2D eigenvalue weighted by Gasteiger charge is -2.38. The van der Waals surface area contributed by atoms with Gasteiger partial charge in [0, 0.05) is 52.4 Å². The van der Waals surface area contributed by atoms with E-state index < -0.39 is 5.41 Å².